The second kappa shape index (κ2) is 7.75. The molecule has 3 nitrogen and oxygen atoms in total. The van der Waals surface area contributed by atoms with E-state index in [9.17, 15) is 4.79 Å². The molecule has 1 fully saturated rings. The molecule has 1 saturated carbocycles. The zero-order valence-corrected chi connectivity index (χ0v) is 16.9. The number of rotatable bonds is 4. The maximum Gasteiger partial charge on any atom is 0.316 e. The summed E-state index contributed by atoms with van der Waals surface area (Å²) in [4.78, 5) is 12.1. The summed E-state index contributed by atoms with van der Waals surface area (Å²) in [6.45, 7) is 5.60. The van der Waals surface area contributed by atoms with Gasteiger partial charge in [0.1, 0.15) is 11.5 Å². The van der Waals surface area contributed by atoms with Gasteiger partial charge in [-0.3, -0.25) is 4.79 Å². The Balaban J connectivity index is 1.90. The Morgan fingerprint density at radius 1 is 0.815 bits per heavy atom. The first-order valence-corrected chi connectivity index (χ1v) is 9.82. The van der Waals surface area contributed by atoms with E-state index in [-0.39, 0.29) is 11.4 Å². The van der Waals surface area contributed by atoms with Crippen molar-refractivity contribution in [3.8, 4) is 11.5 Å². The molecule has 0 bridgehead atoms. The van der Waals surface area contributed by atoms with E-state index in [0.29, 0.717) is 5.75 Å². The number of ether oxygens (including phenoxy) is 2. The van der Waals surface area contributed by atoms with Crippen LogP contribution in [0.15, 0.2) is 48.5 Å². The average Bonchev–Trinajstić information content (AvgIpc) is 2.68. The van der Waals surface area contributed by atoms with Crippen molar-refractivity contribution < 1.29 is 14.3 Å². The van der Waals surface area contributed by atoms with Gasteiger partial charge in [0.25, 0.3) is 0 Å². The van der Waals surface area contributed by atoms with Crippen LogP contribution in [0, 0.1) is 5.41 Å². The molecule has 2 aromatic rings. The zero-order chi connectivity index (χ0) is 19.5. The van der Waals surface area contributed by atoms with Gasteiger partial charge in [-0.1, -0.05) is 43.5 Å². The summed E-state index contributed by atoms with van der Waals surface area (Å²) in [6, 6.07) is 16.6. The lowest BCUT2D eigenvalue weighted by Gasteiger charge is -2.38. The van der Waals surface area contributed by atoms with E-state index in [4.69, 9.17) is 9.47 Å². The molecule has 0 heterocycles. The monoisotopic (exact) mass is 366 g/mol. The van der Waals surface area contributed by atoms with Crippen molar-refractivity contribution in [1.29, 1.82) is 0 Å². The van der Waals surface area contributed by atoms with E-state index >= 15 is 0 Å². The molecule has 0 N–H and O–H groups in total. The van der Waals surface area contributed by atoms with Gasteiger partial charge in [-0.05, 0) is 69.0 Å². The van der Waals surface area contributed by atoms with E-state index in [2.05, 4.69) is 24.3 Å². The Morgan fingerprint density at radius 2 is 1.30 bits per heavy atom. The Hall–Kier alpha value is -2.29. The number of hydrogen-bond donors (Lipinski definition) is 0. The summed E-state index contributed by atoms with van der Waals surface area (Å²) in [7, 11) is 1.70. The van der Waals surface area contributed by atoms with Crippen LogP contribution in [-0.4, -0.2) is 13.1 Å². The number of esters is 1. The fraction of sp³-hybridized carbons (Fsp3) is 0.458. The molecule has 1 aliphatic carbocycles. The molecule has 3 rings (SSSR count). The van der Waals surface area contributed by atoms with Crippen molar-refractivity contribution in [2.75, 3.05) is 7.11 Å². The molecule has 0 radical (unpaired) electrons. The summed E-state index contributed by atoms with van der Waals surface area (Å²) in [5, 5.41) is 0. The lowest BCUT2D eigenvalue weighted by atomic mass is 9.65. The first kappa shape index (κ1) is 19.5. The highest BCUT2D eigenvalue weighted by Crippen LogP contribution is 2.45. The number of benzene rings is 2. The average molecular weight is 367 g/mol. The largest absolute Gasteiger partial charge is 0.497 e. The standard InChI is InChI=1S/C24H30O3/c1-23(2,3)22(25)27-21-14-10-19(11-15-21)24(16-6-5-7-17-24)18-8-12-20(26-4)13-9-18/h8-15H,5-7,16-17H2,1-4H3. The van der Waals surface area contributed by atoms with Crippen LogP contribution in [0.2, 0.25) is 0 Å². The third-order valence-electron chi connectivity index (χ3n) is 5.58. The van der Waals surface area contributed by atoms with Crippen LogP contribution in [0.1, 0.15) is 64.0 Å². The Bertz CT molecular complexity index is 761. The minimum absolute atomic E-state index is 0.0249. The van der Waals surface area contributed by atoms with E-state index in [1.807, 2.05) is 45.0 Å². The summed E-state index contributed by atoms with van der Waals surface area (Å²) in [5.41, 5.74) is 2.15. The molecular formula is C24H30O3. The number of carbonyl (C=O) groups excluding carboxylic acids is 1. The van der Waals surface area contributed by atoms with Gasteiger partial charge in [0.05, 0.1) is 12.5 Å². The molecule has 0 spiro atoms. The summed E-state index contributed by atoms with van der Waals surface area (Å²) < 4.78 is 10.9. The maximum absolute atomic E-state index is 12.1. The zero-order valence-electron chi connectivity index (χ0n) is 16.9. The number of carbonyl (C=O) groups is 1. The Morgan fingerprint density at radius 3 is 1.74 bits per heavy atom. The smallest absolute Gasteiger partial charge is 0.316 e. The van der Waals surface area contributed by atoms with Crippen LogP contribution in [0.25, 0.3) is 0 Å². The predicted molar refractivity (Wildman–Crippen MR) is 108 cm³/mol. The molecule has 0 atom stereocenters. The number of methoxy groups -OCH3 is 1. The molecule has 0 aromatic heterocycles. The van der Waals surface area contributed by atoms with Crippen molar-refractivity contribution in [2.45, 2.75) is 58.3 Å². The highest BCUT2D eigenvalue weighted by molar-refractivity contribution is 5.77. The first-order chi connectivity index (χ1) is 12.8. The number of hydrogen-bond acceptors (Lipinski definition) is 3. The van der Waals surface area contributed by atoms with E-state index in [0.717, 1.165) is 18.6 Å². The Labute approximate surface area is 162 Å². The molecule has 2 aromatic carbocycles. The third-order valence-corrected chi connectivity index (χ3v) is 5.58. The van der Waals surface area contributed by atoms with Crippen molar-refractivity contribution in [3.63, 3.8) is 0 Å². The summed E-state index contributed by atoms with van der Waals surface area (Å²) in [6.07, 6.45) is 6.03. The van der Waals surface area contributed by atoms with Gasteiger partial charge >= 0.3 is 5.97 Å². The predicted octanol–water partition coefficient (Wildman–Crippen LogP) is 5.90. The molecule has 1 aliphatic rings. The van der Waals surface area contributed by atoms with Gasteiger partial charge in [-0.2, -0.15) is 0 Å². The van der Waals surface area contributed by atoms with Gasteiger partial charge in [-0.25, -0.2) is 0 Å². The molecule has 27 heavy (non-hydrogen) atoms. The van der Waals surface area contributed by atoms with Crippen LogP contribution >= 0.6 is 0 Å². The van der Waals surface area contributed by atoms with Gasteiger partial charge in [0.15, 0.2) is 0 Å². The van der Waals surface area contributed by atoms with E-state index in [1.54, 1.807) is 7.11 Å². The first-order valence-electron chi connectivity index (χ1n) is 9.82. The van der Waals surface area contributed by atoms with Gasteiger partial charge in [-0.15, -0.1) is 0 Å². The van der Waals surface area contributed by atoms with Crippen molar-refractivity contribution in [1.82, 2.24) is 0 Å². The van der Waals surface area contributed by atoms with Crippen LogP contribution < -0.4 is 9.47 Å². The molecule has 0 amide bonds. The highest BCUT2D eigenvalue weighted by Gasteiger charge is 2.35. The maximum atomic E-state index is 12.1. The molecule has 3 heteroatoms. The fourth-order valence-electron chi connectivity index (χ4n) is 3.91. The van der Waals surface area contributed by atoms with Crippen LogP contribution in [-0.2, 0) is 10.2 Å². The van der Waals surface area contributed by atoms with Crippen molar-refractivity contribution >= 4 is 5.97 Å². The quantitative estimate of drug-likeness (QED) is 0.499. The molecule has 0 unspecified atom stereocenters. The highest BCUT2D eigenvalue weighted by atomic mass is 16.5. The molecule has 0 aliphatic heterocycles. The topological polar surface area (TPSA) is 35.5 Å². The second-order valence-electron chi connectivity index (χ2n) is 8.54. The van der Waals surface area contributed by atoms with Crippen LogP contribution in [0.4, 0.5) is 0 Å². The van der Waals surface area contributed by atoms with Crippen molar-refractivity contribution in [2.24, 2.45) is 5.41 Å². The third kappa shape index (κ3) is 4.18. The molecule has 0 saturated heterocycles. The fourth-order valence-corrected chi connectivity index (χ4v) is 3.91. The second-order valence-corrected chi connectivity index (χ2v) is 8.54. The lowest BCUT2D eigenvalue weighted by Crippen LogP contribution is -2.30. The van der Waals surface area contributed by atoms with Gasteiger partial charge in [0, 0.05) is 5.41 Å². The van der Waals surface area contributed by atoms with Gasteiger partial charge < -0.3 is 9.47 Å². The lowest BCUT2D eigenvalue weighted by molar-refractivity contribution is -0.142. The molecular weight excluding hydrogens is 336 g/mol. The summed E-state index contributed by atoms with van der Waals surface area (Å²) >= 11 is 0. The van der Waals surface area contributed by atoms with E-state index < -0.39 is 5.41 Å². The molecule has 144 valence electrons. The van der Waals surface area contributed by atoms with Crippen LogP contribution in [0.5, 0.6) is 11.5 Å². The van der Waals surface area contributed by atoms with Gasteiger partial charge in [0.2, 0.25) is 0 Å². The minimum atomic E-state index is -0.508. The van der Waals surface area contributed by atoms with Crippen molar-refractivity contribution in [3.05, 3.63) is 59.7 Å². The Kier molecular flexibility index (Phi) is 5.59. The normalized spacial score (nSPS) is 16.6. The summed E-state index contributed by atoms with van der Waals surface area (Å²) in [5.74, 6) is 1.28. The van der Waals surface area contributed by atoms with E-state index in [1.165, 1.54) is 30.4 Å². The minimum Gasteiger partial charge on any atom is -0.497 e. The SMILES string of the molecule is COc1ccc(C2(c3ccc(OC(=O)C(C)(C)C)cc3)CCCCC2)cc1. The van der Waals surface area contributed by atoms with Crippen LogP contribution in [0.3, 0.4) is 0 Å².